The number of rotatable bonds is 0. The number of aryl methyl sites for hydroxylation is 1. The predicted molar refractivity (Wildman–Crippen MR) is 53.1 cm³/mol. The van der Waals surface area contributed by atoms with Crippen LogP contribution in [0.2, 0.25) is 5.02 Å². The highest BCUT2D eigenvalue weighted by Gasteiger charge is 2.12. The minimum atomic E-state index is 0.184. The maximum absolute atomic E-state index is 9.41. The van der Waals surface area contributed by atoms with Crippen LogP contribution in [0.3, 0.4) is 0 Å². The van der Waals surface area contributed by atoms with Gasteiger partial charge in [0.05, 0.1) is 5.02 Å². The van der Waals surface area contributed by atoms with Crippen LogP contribution >= 0.6 is 11.6 Å². The molecule has 1 aromatic rings. The van der Waals surface area contributed by atoms with Crippen LogP contribution in [-0.2, 0) is 13.0 Å². The molecule has 1 aromatic carbocycles. The Morgan fingerprint density at radius 3 is 3.08 bits per heavy atom. The zero-order valence-electron chi connectivity index (χ0n) is 7.31. The highest BCUT2D eigenvalue weighted by Crippen LogP contribution is 2.31. The lowest BCUT2D eigenvalue weighted by atomic mass is 10.0. The van der Waals surface area contributed by atoms with Crippen LogP contribution in [-0.4, -0.2) is 11.7 Å². The van der Waals surface area contributed by atoms with Gasteiger partial charge in [0, 0.05) is 6.54 Å². The van der Waals surface area contributed by atoms with E-state index in [4.69, 9.17) is 11.6 Å². The molecule has 0 aromatic heterocycles. The average molecular weight is 198 g/mol. The van der Waals surface area contributed by atoms with Gasteiger partial charge in [-0.15, -0.1) is 0 Å². The number of aromatic hydroxyl groups is 1. The van der Waals surface area contributed by atoms with Crippen molar-refractivity contribution < 1.29 is 5.11 Å². The highest BCUT2D eigenvalue weighted by atomic mass is 35.5. The molecule has 2 nitrogen and oxygen atoms in total. The second kappa shape index (κ2) is 3.56. The molecular weight excluding hydrogens is 186 g/mol. The Bertz CT molecular complexity index is 325. The van der Waals surface area contributed by atoms with E-state index in [0.717, 1.165) is 31.5 Å². The minimum Gasteiger partial charge on any atom is -0.506 e. The summed E-state index contributed by atoms with van der Waals surface area (Å²) in [7, 11) is 0. The Hall–Kier alpha value is -0.730. The molecule has 0 unspecified atom stereocenters. The van der Waals surface area contributed by atoms with E-state index in [-0.39, 0.29) is 5.75 Å². The molecule has 13 heavy (non-hydrogen) atoms. The monoisotopic (exact) mass is 197 g/mol. The quantitative estimate of drug-likeness (QED) is 0.668. The normalized spacial score (nSPS) is 16.4. The van der Waals surface area contributed by atoms with Gasteiger partial charge in [-0.05, 0) is 36.6 Å². The van der Waals surface area contributed by atoms with E-state index >= 15 is 0 Å². The molecule has 70 valence electrons. The third kappa shape index (κ3) is 1.64. The molecule has 0 saturated carbocycles. The lowest BCUT2D eigenvalue weighted by molar-refractivity contribution is 0.474. The molecule has 0 spiro atoms. The third-order valence-electron chi connectivity index (χ3n) is 2.42. The van der Waals surface area contributed by atoms with Gasteiger partial charge in [-0.25, -0.2) is 0 Å². The maximum atomic E-state index is 9.41. The standard InChI is InChI=1S/C10H12ClNO/c11-10-8-6-12-5-1-2-7(8)3-4-9(10)13/h3-4,12-13H,1-2,5-6H2. The molecule has 1 heterocycles. The molecule has 1 aliphatic rings. The minimum absolute atomic E-state index is 0.184. The Morgan fingerprint density at radius 1 is 1.38 bits per heavy atom. The van der Waals surface area contributed by atoms with Crippen molar-refractivity contribution in [1.82, 2.24) is 5.32 Å². The van der Waals surface area contributed by atoms with E-state index < -0.39 is 0 Å². The molecule has 0 saturated heterocycles. The molecule has 1 aliphatic heterocycles. The number of fused-ring (bicyclic) bond motifs is 1. The van der Waals surface area contributed by atoms with E-state index in [1.165, 1.54) is 5.56 Å². The molecule has 0 bridgehead atoms. The van der Waals surface area contributed by atoms with Gasteiger partial charge < -0.3 is 10.4 Å². The van der Waals surface area contributed by atoms with Crippen molar-refractivity contribution in [3.63, 3.8) is 0 Å². The third-order valence-corrected chi connectivity index (χ3v) is 2.84. The summed E-state index contributed by atoms with van der Waals surface area (Å²) >= 11 is 5.99. The number of phenolic OH excluding ortho intramolecular Hbond substituents is 1. The van der Waals surface area contributed by atoms with Crippen LogP contribution in [0.5, 0.6) is 5.75 Å². The highest BCUT2D eigenvalue weighted by molar-refractivity contribution is 6.32. The number of phenols is 1. The summed E-state index contributed by atoms with van der Waals surface area (Å²) in [5, 5.41) is 13.2. The van der Waals surface area contributed by atoms with E-state index in [9.17, 15) is 5.11 Å². The Balaban J connectivity index is 2.48. The molecule has 2 N–H and O–H groups in total. The summed E-state index contributed by atoms with van der Waals surface area (Å²) in [4.78, 5) is 0. The molecule has 0 atom stereocenters. The molecular formula is C10H12ClNO. The summed E-state index contributed by atoms with van der Waals surface area (Å²) in [5.41, 5.74) is 2.31. The summed E-state index contributed by atoms with van der Waals surface area (Å²) in [6, 6.07) is 3.63. The predicted octanol–water partition coefficient (Wildman–Crippen LogP) is 2.08. The van der Waals surface area contributed by atoms with Gasteiger partial charge in [0.1, 0.15) is 5.75 Å². The lowest BCUT2D eigenvalue weighted by Gasteiger charge is -2.08. The van der Waals surface area contributed by atoms with E-state index in [0.29, 0.717) is 5.02 Å². The second-order valence-corrected chi connectivity index (χ2v) is 3.69. The van der Waals surface area contributed by atoms with Gasteiger partial charge in [-0.1, -0.05) is 17.7 Å². The molecule has 2 rings (SSSR count). The van der Waals surface area contributed by atoms with Crippen LogP contribution in [0.4, 0.5) is 0 Å². The van der Waals surface area contributed by atoms with Crippen molar-refractivity contribution >= 4 is 11.6 Å². The van der Waals surface area contributed by atoms with E-state index in [1.54, 1.807) is 6.07 Å². The summed E-state index contributed by atoms with van der Waals surface area (Å²) in [6.07, 6.45) is 2.18. The second-order valence-electron chi connectivity index (χ2n) is 3.32. The van der Waals surface area contributed by atoms with Gasteiger partial charge in [0.25, 0.3) is 0 Å². The number of nitrogens with one attached hydrogen (secondary N) is 1. The van der Waals surface area contributed by atoms with Gasteiger partial charge >= 0.3 is 0 Å². The smallest absolute Gasteiger partial charge is 0.134 e. The van der Waals surface area contributed by atoms with Crippen molar-refractivity contribution in [2.45, 2.75) is 19.4 Å². The molecule has 0 aliphatic carbocycles. The fraction of sp³-hybridized carbons (Fsp3) is 0.400. The van der Waals surface area contributed by atoms with Crippen molar-refractivity contribution in [2.75, 3.05) is 6.54 Å². The van der Waals surface area contributed by atoms with E-state index in [2.05, 4.69) is 5.32 Å². The fourth-order valence-corrected chi connectivity index (χ4v) is 1.94. The average Bonchev–Trinajstić information content (AvgIpc) is 2.36. The molecule has 0 radical (unpaired) electrons. The van der Waals surface area contributed by atoms with Gasteiger partial charge in [0.15, 0.2) is 0 Å². The van der Waals surface area contributed by atoms with Crippen LogP contribution in [0.1, 0.15) is 17.5 Å². The van der Waals surface area contributed by atoms with Crippen LogP contribution in [0, 0.1) is 0 Å². The molecule has 0 fully saturated rings. The topological polar surface area (TPSA) is 32.3 Å². The molecule has 3 heteroatoms. The number of hydrogen-bond donors (Lipinski definition) is 2. The van der Waals surface area contributed by atoms with Crippen LogP contribution in [0.15, 0.2) is 12.1 Å². The van der Waals surface area contributed by atoms with Crippen molar-refractivity contribution in [3.8, 4) is 5.75 Å². The summed E-state index contributed by atoms with van der Waals surface area (Å²) in [5.74, 6) is 0.184. The fourth-order valence-electron chi connectivity index (χ4n) is 1.69. The SMILES string of the molecule is Oc1ccc2c(c1Cl)CNCCC2. The number of halogens is 1. The number of hydrogen-bond acceptors (Lipinski definition) is 2. The zero-order chi connectivity index (χ0) is 9.26. The Labute approximate surface area is 82.5 Å². The van der Waals surface area contributed by atoms with E-state index in [1.807, 2.05) is 6.07 Å². The maximum Gasteiger partial charge on any atom is 0.134 e. The molecule has 0 amide bonds. The van der Waals surface area contributed by atoms with Crippen molar-refractivity contribution in [2.24, 2.45) is 0 Å². The van der Waals surface area contributed by atoms with Gasteiger partial charge in [-0.2, -0.15) is 0 Å². The first kappa shape index (κ1) is 8.85. The Kier molecular flexibility index (Phi) is 2.42. The lowest BCUT2D eigenvalue weighted by Crippen LogP contribution is -2.12. The van der Waals surface area contributed by atoms with Gasteiger partial charge in [-0.3, -0.25) is 0 Å². The number of benzene rings is 1. The first-order chi connectivity index (χ1) is 6.29. The van der Waals surface area contributed by atoms with Crippen molar-refractivity contribution in [3.05, 3.63) is 28.3 Å². The largest absolute Gasteiger partial charge is 0.506 e. The zero-order valence-corrected chi connectivity index (χ0v) is 8.06. The summed E-state index contributed by atoms with van der Waals surface area (Å²) in [6.45, 7) is 1.79. The van der Waals surface area contributed by atoms with Crippen LogP contribution < -0.4 is 5.32 Å². The first-order valence-electron chi connectivity index (χ1n) is 4.49. The first-order valence-corrected chi connectivity index (χ1v) is 4.87. The van der Waals surface area contributed by atoms with Crippen LogP contribution in [0.25, 0.3) is 0 Å². The van der Waals surface area contributed by atoms with Gasteiger partial charge in [0.2, 0.25) is 0 Å². The summed E-state index contributed by atoms with van der Waals surface area (Å²) < 4.78 is 0. The Morgan fingerprint density at radius 2 is 2.23 bits per heavy atom. The van der Waals surface area contributed by atoms with Crippen molar-refractivity contribution in [1.29, 1.82) is 0 Å².